The van der Waals surface area contributed by atoms with Gasteiger partial charge in [-0.2, -0.15) is 0 Å². The van der Waals surface area contributed by atoms with Crippen molar-refractivity contribution in [3.05, 3.63) is 133 Å². The van der Waals surface area contributed by atoms with E-state index < -0.39 is 0 Å². The normalized spacial score (nSPS) is 20.8. The third kappa shape index (κ3) is 3.13. The lowest BCUT2D eigenvalue weighted by atomic mass is 9.96. The summed E-state index contributed by atoms with van der Waals surface area (Å²) in [5.41, 5.74) is 9.29. The van der Waals surface area contributed by atoms with Gasteiger partial charge in [-0.3, -0.25) is 4.40 Å². The van der Waals surface area contributed by atoms with Crippen LogP contribution in [0.5, 0.6) is 0 Å². The molecule has 3 aliphatic rings. The Kier molecular flexibility index (Phi) is 4.56. The molecule has 0 radical (unpaired) electrons. The first-order valence-electron chi connectivity index (χ1n) is 14.0. The number of nitrogens with zero attached hydrogens (tertiary/aromatic N) is 2. The van der Waals surface area contributed by atoms with Crippen molar-refractivity contribution in [2.75, 3.05) is 5.32 Å². The molecule has 1 aliphatic heterocycles. The Morgan fingerprint density at radius 2 is 1.68 bits per heavy atom. The van der Waals surface area contributed by atoms with Gasteiger partial charge in [0.1, 0.15) is 5.58 Å². The van der Waals surface area contributed by atoms with Crippen LogP contribution in [0.25, 0.3) is 54.7 Å². The number of hydrogen-bond donors (Lipinski definition) is 1. The Balaban J connectivity index is 1.32. The van der Waals surface area contributed by atoms with Gasteiger partial charge in [-0.15, -0.1) is 0 Å². The molecule has 4 heterocycles. The molecule has 1 N–H and O–H groups in total. The molecule has 0 amide bonds. The van der Waals surface area contributed by atoms with Crippen LogP contribution in [0.15, 0.2) is 137 Å². The van der Waals surface area contributed by atoms with Gasteiger partial charge in [-0.05, 0) is 47.4 Å². The van der Waals surface area contributed by atoms with E-state index in [4.69, 9.17) is 9.41 Å². The molecule has 0 saturated carbocycles. The van der Waals surface area contributed by atoms with E-state index in [2.05, 4.69) is 132 Å². The highest BCUT2D eigenvalue weighted by Gasteiger charge is 2.29. The molecule has 0 saturated heterocycles. The quantitative estimate of drug-likeness (QED) is 0.231. The van der Waals surface area contributed by atoms with Crippen LogP contribution >= 0.6 is 0 Å². The minimum Gasteiger partial charge on any atom is -0.454 e. The lowest BCUT2D eigenvalue weighted by molar-refractivity contribution is 0.671. The number of benzene rings is 3. The van der Waals surface area contributed by atoms with Crippen LogP contribution in [-0.2, 0) is 0 Å². The first-order valence-corrected chi connectivity index (χ1v) is 14.0. The molecule has 1 atom stereocenters. The fourth-order valence-corrected chi connectivity index (χ4v) is 6.61. The second kappa shape index (κ2) is 8.33. The molecular formula is C37H25N3O. The summed E-state index contributed by atoms with van der Waals surface area (Å²) < 4.78 is 8.98. The predicted octanol–water partition coefficient (Wildman–Crippen LogP) is 9.59. The van der Waals surface area contributed by atoms with Crippen LogP contribution < -0.4 is 5.32 Å². The van der Waals surface area contributed by atoms with Gasteiger partial charge in [-0.1, -0.05) is 97.7 Å². The number of fused-ring (bicyclic) bond motifs is 11. The largest absolute Gasteiger partial charge is 0.454 e. The Morgan fingerprint density at radius 1 is 0.829 bits per heavy atom. The zero-order valence-corrected chi connectivity index (χ0v) is 22.3. The maximum Gasteiger partial charge on any atom is 0.162 e. The first-order chi connectivity index (χ1) is 20.3. The second-order valence-corrected chi connectivity index (χ2v) is 10.8. The molecule has 3 aromatic carbocycles. The van der Waals surface area contributed by atoms with E-state index in [-0.39, 0.29) is 6.04 Å². The van der Waals surface area contributed by atoms with Crippen molar-refractivity contribution in [3.63, 3.8) is 0 Å². The molecule has 6 aromatic rings. The molecule has 0 fully saturated rings. The summed E-state index contributed by atoms with van der Waals surface area (Å²) in [4.78, 5) is 5.19. The summed E-state index contributed by atoms with van der Waals surface area (Å²) >= 11 is 0. The number of furan rings is 1. The molecule has 1 unspecified atom stereocenters. The Hall–Kier alpha value is -5.35. The van der Waals surface area contributed by atoms with Crippen molar-refractivity contribution in [2.24, 2.45) is 4.99 Å². The molecule has 3 aromatic heterocycles. The Labute approximate surface area is 236 Å². The highest BCUT2D eigenvalue weighted by atomic mass is 16.3. The van der Waals surface area contributed by atoms with E-state index in [1.165, 1.54) is 21.7 Å². The lowest BCUT2D eigenvalue weighted by Gasteiger charge is -2.23. The Bertz CT molecular complexity index is 2330. The molecule has 2 aliphatic carbocycles. The fourth-order valence-electron chi connectivity index (χ4n) is 6.61. The maximum atomic E-state index is 6.68. The number of aliphatic imine (C=N–C) groups is 1. The van der Waals surface area contributed by atoms with Crippen LogP contribution in [0, 0.1) is 0 Å². The molecule has 9 rings (SSSR count). The van der Waals surface area contributed by atoms with Crippen LogP contribution in [0.3, 0.4) is 0 Å². The topological polar surface area (TPSA) is 41.9 Å². The highest BCUT2D eigenvalue weighted by Crippen LogP contribution is 2.48. The van der Waals surface area contributed by atoms with Gasteiger partial charge in [0.2, 0.25) is 0 Å². The number of para-hydroxylation sites is 1. The van der Waals surface area contributed by atoms with E-state index in [9.17, 15) is 0 Å². The van der Waals surface area contributed by atoms with Gasteiger partial charge in [0.25, 0.3) is 0 Å². The monoisotopic (exact) mass is 527 g/mol. The molecule has 0 bridgehead atoms. The zero-order valence-electron chi connectivity index (χ0n) is 22.3. The fraction of sp³-hybridized carbons (Fsp3) is 0.0541. The van der Waals surface area contributed by atoms with Crippen molar-refractivity contribution in [3.8, 4) is 0 Å². The average Bonchev–Trinajstić information content (AvgIpc) is 3.65. The summed E-state index contributed by atoms with van der Waals surface area (Å²) in [6.07, 6.45) is 24.1. The van der Waals surface area contributed by atoms with Crippen molar-refractivity contribution in [2.45, 2.75) is 12.5 Å². The number of anilines is 1. The third-order valence-electron chi connectivity index (χ3n) is 8.50. The minimum atomic E-state index is 0.0845. The molecule has 4 heteroatoms. The highest BCUT2D eigenvalue weighted by molar-refractivity contribution is 6.27. The van der Waals surface area contributed by atoms with E-state index >= 15 is 0 Å². The maximum absolute atomic E-state index is 6.68. The zero-order chi connectivity index (χ0) is 27.1. The lowest BCUT2D eigenvalue weighted by Crippen LogP contribution is -2.29. The molecule has 41 heavy (non-hydrogen) atoms. The van der Waals surface area contributed by atoms with Crippen molar-refractivity contribution < 1.29 is 4.42 Å². The van der Waals surface area contributed by atoms with Crippen molar-refractivity contribution in [1.29, 1.82) is 0 Å². The van der Waals surface area contributed by atoms with Crippen molar-refractivity contribution in [1.82, 2.24) is 4.40 Å². The van der Waals surface area contributed by atoms with E-state index in [1.807, 2.05) is 0 Å². The van der Waals surface area contributed by atoms with E-state index in [0.717, 1.165) is 67.8 Å². The van der Waals surface area contributed by atoms with Crippen LogP contribution in [0.1, 0.15) is 12.0 Å². The van der Waals surface area contributed by atoms with E-state index in [1.54, 1.807) is 0 Å². The van der Waals surface area contributed by atoms with Crippen LogP contribution in [0.4, 0.5) is 11.5 Å². The predicted molar refractivity (Wildman–Crippen MR) is 173 cm³/mol. The summed E-state index contributed by atoms with van der Waals surface area (Å²) in [5.74, 6) is 0.932. The molecule has 0 spiro atoms. The minimum absolute atomic E-state index is 0.0845. The summed E-state index contributed by atoms with van der Waals surface area (Å²) in [7, 11) is 0. The van der Waals surface area contributed by atoms with Crippen molar-refractivity contribution >= 4 is 71.9 Å². The number of rotatable bonds is 1. The van der Waals surface area contributed by atoms with Gasteiger partial charge in [0.05, 0.1) is 28.5 Å². The molecule has 194 valence electrons. The van der Waals surface area contributed by atoms with Gasteiger partial charge >= 0.3 is 0 Å². The number of allylic oxidation sites excluding steroid dienone is 11. The number of aromatic nitrogens is 1. The second-order valence-electron chi connectivity index (χ2n) is 10.8. The summed E-state index contributed by atoms with van der Waals surface area (Å²) in [5, 5.41) is 9.50. The first kappa shape index (κ1) is 22.5. The third-order valence-corrected chi connectivity index (χ3v) is 8.50. The Morgan fingerprint density at radius 3 is 2.66 bits per heavy atom. The number of hydrogen-bond acceptors (Lipinski definition) is 3. The molecular weight excluding hydrogens is 502 g/mol. The van der Waals surface area contributed by atoms with Crippen LogP contribution in [-0.4, -0.2) is 16.2 Å². The molecule has 4 nitrogen and oxygen atoms in total. The van der Waals surface area contributed by atoms with E-state index in [0.29, 0.717) is 0 Å². The summed E-state index contributed by atoms with van der Waals surface area (Å²) in [6.45, 7) is 4.35. The summed E-state index contributed by atoms with van der Waals surface area (Å²) in [6, 6.07) is 17.5. The van der Waals surface area contributed by atoms with Crippen LogP contribution in [0.2, 0.25) is 0 Å². The standard InChI is InChI=1S/C37H25N3O/c1-22-11-6-4-2-3-5-7-12-24(22)23-17-20-32-29(21-23)27-19-18-26-25-13-10-14-28-33-37(39-31-16-9-8-15-30(31)38-33)40(34(25)28)35(26)36(27)41-32/h2,4-21,30,38H,1,3H2/b4-2-,7-5-,11-6-,24-12?. The van der Waals surface area contributed by atoms with Gasteiger partial charge < -0.3 is 9.73 Å². The van der Waals surface area contributed by atoms with Gasteiger partial charge in [0, 0.05) is 26.9 Å². The average molecular weight is 528 g/mol. The SMILES string of the molecule is C=C1/C=C\C=C/C/C=C\C=C1c1ccc2oc3c(ccc4c5cccc6c7c(n(c65)c43)N=C3C=CC=CC3N7)c2c1. The van der Waals surface area contributed by atoms with Gasteiger partial charge in [0.15, 0.2) is 11.4 Å². The smallest absolute Gasteiger partial charge is 0.162 e. The van der Waals surface area contributed by atoms with Gasteiger partial charge in [-0.25, -0.2) is 4.99 Å². The number of nitrogens with one attached hydrogen (secondary N) is 1.